The standard InChI is InChI=1S/C12H19N3O/c1-13-10-6-12(8-14-7-10)15-5-3-2-4-11(15)9-16/h6-8,11,13,16H,2-5,9H2,1H3. The molecule has 2 N–H and O–H groups in total. The van der Waals surface area contributed by atoms with Gasteiger partial charge in [-0.2, -0.15) is 0 Å². The molecule has 1 aromatic rings. The third-order valence-corrected chi connectivity index (χ3v) is 3.18. The summed E-state index contributed by atoms with van der Waals surface area (Å²) in [5.41, 5.74) is 2.12. The van der Waals surface area contributed by atoms with Crippen molar-refractivity contribution in [1.29, 1.82) is 0 Å². The van der Waals surface area contributed by atoms with Gasteiger partial charge in [0.2, 0.25) is 0 Å². The van der Waals surface area contributed by atoms with E-state index in [1.54, 1.807) is 6.20 Å². The average Bonchev–Trinajstić information content (AvgIpc) is 2.38. The number of nitrogens with zero attached hydrogens (tertiary/aromatic N) is 2. The van der Waals surface area contributed by atoms with E-state index in [1.807, 2.05) is 13.2 Å². The molecular weight excluding hydrogens is 202 g/mol. The Bertz CT molecular complexity index is 343. The van der Waals surface area contributed by atoms with Crippen molar-refractivity contribution in [3.63, 3.8) is 0 Å². The van der Waals surface area contributed by atoms with Gasteiger partial charge >= 0.3 is 0 Å². The first-order chi connectivity index (χ1) is 7.85. The van der Waals surface area contributed by atoms with Crippen LogP contribution in [0.25, 0.3) is 0 Å². The topological polar surface area (TPSA) is 48.4 Å². The lowest BCUT2D eigenvalue weighted by Gasteiger charge is -2.36. The Morgan fingerprint density at radius 1 is 1.50 bits per heavy atom. The summed E-state index contributed by atoms with van der Waals surface area (Å²) in [6.07, 6.45) is 7.15. The smallest absolute Gasteiger partial charge is 0.0635 e. The van der Waals surface area contributed by atoms with Crippen LogP contribution in [0.4, 0.5) is 11.4 Å². The minimum atomic E-state index is 0.226. The summed E-state index contributed by atoms with van der Waals surface area (Å²) in [7, 11) is 1.89. The fourth-order valence-corrected chi connectivity index (χ4v) is 2.25. The SMILES string of the molecule is CNc1cncc(N2CCCCC2CO)c1. The van der Waals surface area contributed by atoms with Gasteiger partial charge in [-0.1, -0.05) is 0 Å². The normalized spacial score (nSPS) is 20.9. The van der Waals surface area contributed by atoms with Crippen LogP contribution in [-0.4, -0.2) is 36.3 Å². The van der Waals surface area contributed by atoms with Gasteiger partial charge in [0.1, 0.15) is 0 Å². The molecule has 1 aliphatic rings. The van der Waals surface area contributed by atoms with Crippen molar-refractivity contribution in [2.24, 2.45) is 0 Å². The second kappa shape index (κ2) is 5.16. The van der Waals surface area contributed by atoms with Gasteiger partial charge in [0.15, 0.2) is 0 Å². The largest absolute Gasteiger partial charge is 0.394 e. The first-order valence-electron chi connectivity index (χ1n) is 5.85. The highest BCUT2D eigenvalue weighted by atomic mass is 16.3. The van der Waals surface area contributed by atoms with Gasteiger partial charge < -0.3 is 15.3 Å². The van der Waals surface area contributed by atoms with Crippen LogP contribution in [-0.2, 0) is 0 Å². The highest BCUT2D eigenvalue weighted by Crippen LogP contribution is 2.25. The van der Waals surface area contributed by atoms with Crippen molar-refractivity contribution < 1.29 is 5.11 Å². The number of pyridine rings is 1. The fourth-order valence-electron chi connectivity index (χ4n) is 2.25. The third kappa shape index (κ3) is 2.27. The Kier molecular flexibility index (Phi) is 3.62. The first-order valence-corrected chi connectivity index (χ1v) is 5.85. The van der Waals surface area contributed by atoms with Gasteiger partial charge in [-0.3, -0.25) is 4.98 Å². The molecule has 0 saturated carbocycles. The number of nitrogens with one attached hydrogen (secondary N) is 1. The Hall–Kier alpha value is -1.29. The molecule has 4 heteroatoms. The zero-order chi connectivity index (χ0) is 11.4. The van der Waals surface area contributed by atoms with Crippen LogP contribution in [0.3, 0.4) is 0 Å². The fraction of sp³-hybridized carbons (Fsp3) is 0.583. The van der Waals surface area contributed by atoms with Gasteiger partial charge in [-0.05, 0) is 25.3 Å². The van der Waals surface area contributed by atoms with E-state index in [0.29, 0.717) is 0 Å². The molecule has 0 bridgehead atoms. The first kappa shape index (κ1) is 11.2. The second-order valence-corrected chi connectivity index (χ2v) is 4.21. The van der Waals surface area contributed by atoms with Crippen LogP contribution >= 0.6 is 0 Å². The summed E-state index contributed by atoms with van der Waals surface area (Å²) in [5, 5.41) is 12.5. The van der Waals surface area contributed by atoms with E-state index in [2.05, 4.69) is 21.3 Å². The number of aliphatic hydroxyl groups is 1. The highest BCUT2D eigenvalue weighted by Gasteiger charge is 2.22. The maximum absolute atomic E-state index is 9.37. The predicted octanol–water partition coefficient (Wildman–Crippen LogP) is 1.47. The van der Waals surface area contributed by atoms with Gasteiger partial charge in [-0.15, -0.1) is 0 Å². The highest BCUT2D eigenvalue weighted by molar-refractivity contribution is 5.56. The maximum Gasteiger partial charge on any atom is 0.0635 e. The summed E-state index contributed by atoms with van der Waals surface area (Å²) in [6, 6.07) is 2.34. The number of hydrogen-bond acceptors (Lipinski definition) is 4. The molecule has 1 atom stereocenters. The summed E-state index contributed by atoms with van der Waals surface area (Å²) in [4.78, 5) is 6.47. The van der Waals surface area contributed by atoms with E-state index in [0.717, 1.165) is 24.3 Å². The average molecular weight is 221 g/mol. The lowest BCUT2D eigenvalue weighted by Crippen LogP contribution is -2.41. The number of rotatable bonds is 3. The van der Waals surface area contributed by atoms with Crippen LogP contribution in [0.5, 0.6) is 0 Å². The monoisotopic (exact) mass is 221 g/mol. The molecule has 0 radical (unpaired) electrons. The van der Waals surface area contributed by atoms with Gasteiger partial charge in [0.25, 0.3) is 0 Å². The van der Waals surface area contributed by atoms with Gasteiger partial charge in [0, 0.05) is 13.6 Å². The third-order valence-electron chi connectivity index (χ3n) is 3.18. The van der Waals surface area contributed by atoms with Crippen LogP contribution in [0.2, 0.25) is 0 Å². The maximum atomic E-state index is 9.37. The van der Waals surface area contributed by atoms with E-state index < -0.39 is 0 Å². The second-order valence-electron chi connectivity index (χ2n) is 4.21. The Labute approximate surface area is 96.3 Å². The molecule has 0 amide bonds. The summed E-state index contributed by atoms with van der Waals surface area (Å²) >= 11 is 0. The van der Waals surface area contributed by atoms with Gasteiger partial charge in [0.05, 0.1) is 36.4 Å². The Balaban J connectivity index is 2.20. The lowest BCUT2D eigenvalue weighted by atomic mass is 10.0. The van der Waals surface area contributed by atoms with Crippen molar-refractivity contribution in [1.82, 2.24) is 4.98 Å². The predicted molar refractivity (Wildman–Crippen MR) is 65.9 cm³/mol. The number of aliphatic hydroxyl groups excluding tert-OH is 1. The Morgan fingerprint density at radius 3 is 3.12 bits per heavy atom. The molecule has 0 aromatic carbocycles. The molecule has 1 saturated heterocycles. The van der Waals surface area contributed by atoms with Crippen LogP contribution in [0.15, 0.2) is 18.5 Å². The zero-order valence-corrected chi connectivity index (χ0v) is 9.69. The molecule has 88 valence electrons. The van der Waals surface area contributed by atoms with Crippen molar-refractivity contribution in [2.75, 3.05) is 30.4 Å². The van der Waals surface area contributed by atoms with Crippen molar-refractivity contribution >= 4 is 11.4 Å². The number of anilines is 2. The van der Waals surface area contributed by atoms with E-state index in [9.17, 15) is 5.11 Å². The Morgan fingerprint density at radius 2 is 2.38 bits per heavy atom. The van der Waals surface area contributed by atoms with E-state index >= 15 is 0 Å². The van der Waals surface area contributed by atoms with Crippen molar-refractivity contribution in [3.05, 3.63) is 18.5 Å². The number of hydrogen-bond donors (Lipinski definition) is 2. The molecule has 2 heterocycles. The molecule has 1 aromatic heterocycles. The lowest BCUT2D eigenvalue weighted by molar-refractivity contribution is 0.240. The number of piperidine rings is 1. The van der Waals surface area contributed by atoms with E-state index in [1.165, 1.54) is 12.8 Å². The van der Waals surface area contributed by atoms with E-state index in [4.69, 9.17) is 0 Å². The van der Waals surface area contributed by atoms with Crippen LogP contribution < -0.4 is 10.2 Å². The molecule has 4 nitrogen and oxygen atoms in total. The molecular formula is C12H19N3O. The molecule has 0 spiro atoms. The summed E-state index contributed by atoms with van der Waals surface area (Å²) in [6.45, 7) is 1.24. The van der Waals surface area contributed by atoms with Gasteiger partial charge in [-0.25, -0.2) is 0 Å². The molecule has 0 aliphatic carbocycles. The quantitative estimate of drug-likeness (QED) is 0.811. The molecule has 16 heavy (non-hydrogen) atoms. The van der Waals surface area contributed by atoms with Crippen LogP contribution in [0.1, 0.15) is 19.3 Å². The van der Waals surface area contributed by atoms with Crippen molar-refractivity contribution in [3.8, 4) is 0 Å². The van der Waals surface area contributed by atoms with E-state index in [-0.39, 0.29) is 12.6 Å². The molecule has 1 aliphatic heterocycles. The molecule has 2 rings (SSSR count). The van der Waals surface area contributed by atoms with Crippen molar-refractivity contribution in [2.45, 2.75) is 25.3 Å². The van der Waals surface area contributed by atoms with Crippen LogP contribution in [0, 0.1) is 0 Å². The molecule has 1 unspecified atom stereocenters. The summed E-state index contributed by atoms with van der Waals surface area (Å²) < 4.78 is 0. The number of aromatic nitrogens is 1. The minimum absolute atomic E-state index is 0.226. The molecule has 1 fully saturated rings. The zero-order valence-electron chi connectivity index (χ0n) is 9.69. The summed E-state index contributed by atoms with van der Waals surface area (Å²) in [5.74, 6) is 0. The minimum Gasteiger partial charge on any atom is -0.394 e.